The molecule has 2 aromatic heterocycles. The summed E-state index contributed by atoms with van der Waals surface area (Å²) in [5.74, 6) is -2.48. The number of rotatable bonds is 7. The van der Waals surface area contributed by atoms with E-state index in [0.29, 0.717) is 0 Å². The summed E-state index contributed by atoms with van der Waals surface area (Å²) in [7, 11) is 0. The fraction of sp³-hybridized carbons (Fsp3) is 0.280. The topological polar surface area (TPSA) is 148 Å². The maximum absolute atomic E-state index is 14.7. The lowest BCUT2D eigenvalue weighted by atomic mass is 9.91. The van der Waals surface area contributed by atoms with Gasteiger partial charge in [0.1, 0.15) is 5.82 Å². The number of hydrogen-bond donors (Lipinski definition) is 5. The van der Waals surface area contributed by atoms with Crippen molar-refractivity contribution in [2.24, 2.45) is 11.5 Å². The molecule has 38 heavy (non-hydrogen) atoms. The van der Waals surface area contributed by atoms with Gasteiger partial charge in [0.15, 0.2) is 11.6 Å². The maximum Gasteiger partial charge on any atom is 0.416 e. The van der Waals surface area contributed by atoms with Crippen molar-refractivity contribution in [3.8, 4) is 0 Å². The monoisotopic (exact) mass is 531 g/mol. The van der Waals surface area contributed by atoms with Crippen LogP contribution in [0.5, 0.6) is 0 Å². The van der Waals surface area contributed by atoms with Crippen molar-refractivity contribution in [3.63, 3.8) is 0 Å². The molecule has 0 bridgehead atoms. The van der Waals surface area contributed by atoms with Crippen molar-refractivity contribution >= 4 is 34.8 Å². The molecule has 1 aliphatic carbocycles. The normalized spacial score (nSPS) is 17.5. The van der Waals surface area contributed by atoms with E-state index in [2.05, 4.69) is 25.9 Å². The summed E-state index contributed by atoms with van der Waals surface area (Å²) in [5, 5.41) is 8.41. The van der Waals surface area contributed by atoms with Crippen molar-refractivity contribution < 1.29 is 27.2 Å². The van der Waals surface area contributed by atoms with Crippen LogP contribution in [-0.4, -0.2) is 33.9 Å². The maximum atomic E-state index is 14.7. The summed E-state index contributed by atoms with van der Waals surface area (Å²) in [6.07, 6.45) is 1.63. The molecule has 1 saturated carbocycles. The molecular formula is C25H25F4N7O2. The van der Waals surface area contributed by atoms with E-state index in [1.54, 1.807) is 0 Å². The number of nitrogens with two attached hydrogens (primary N) is 2. The number of aromatic nitrogens is 2. The van der Waals surface area contributed by atoms with Gasteiger partial charge in [0.2, 0.25) is 0 Å². The van der Waals surface area contributed by atoms with Gasteiger partial charge in [-0.2, -0.15) is 13.2 Å². The molecule has 9 nitrogen and oxygen atoms in total. The molecule has 0 radical (unpaired) electrons. The zero-order valence-corrected chi connectivity index (χ0v) is 20.0. The van der Waals surface area contributed by atoms with Gasteiger partial charge in [0.25, 0.3) is 11.8 Å². The van der Waals surface area contributed by atoms with E-state index in [-0.39, 0.29) is 46.2 Å². The first kappa shape index (κ1) is 26.8. The molecule has 13 heteroatoms. The molecule has 3 aromatic rings. The Morgan fingerprint density at radius 3 is 2.32 bits per heavy atom. The lowest BCUT2D eigenvalue weighted by molar-refractivity contribution is -0.137. The van der Waals surface area contributed by atoms with E-state index < -0.39 is 29.4 Å². The van der Waals surface area contributed by atoms with Crippen LogP contribution in [0.1, 0.15) is 52.0 Å². The molecule has 0 spiro atoms. The number of carbonyl (C=O) groups excluding carboxylic acids is 2. The summed E-state index contributed by atoms with van der Waals surface area (Å²) in [6.45, 7) is 0. The first-order chi connectivity index (χ1) is 18.0. The van der Waals surface area contributed by atoms with E-state index in [4.69, 9.17) is 11.5 Å². The van der Waals surface area contributed by atoms with E-state index in [1.807, 2.05) is 0 Å². The van der Waals surface area contributed by atoms with Crippen LogP contribution in [-0.2, 0) is 6.18 Å². The summed E-state index contributed by atoms with van der Waals surface area (Å²) in [6, 6.07) is 5.79. The number of alkyl halides is 3. The first-order valence-corrected chi connectivity index (χ1v) is 11.7. The molecule has 7 N–H and O–H groups in total. The van der Waals surface area contributed by atoms with Crippen LogP contribution < -0.4 is 27.4 Å². The Kier molecular flexibility index (Phi) is 7.76. The summed E-state index contributed by atoms with van der Waals surface area (Å²) >= 11 is 0. The summed E-state index contributed by atoms with van der Waals surface area (Å²) < 4.78 is 53.1. The standard InChI is InChI=1S/C25H25F4N7O2/c26-18-10-17(21(31)37)22(36-23(18)35-20-4-2-1-3-19(20)30)33-15-9-16(12-32-11-15)34-24(38)13-5-7-14(8-6-13)25(27,28)29/h5-12,19-20H,1-4,30H2,(H2,31,37)(H,34,38)(H2,33,35,36)/t19-,20+/m0/s1. The minimum absolute atomic E-state index is 0.00390. The average Bonchev–Trinajstić information content (AvgIpc) is 2.86. The smallest absolute Gasteiger partial charge is 0.365 e. The van der Waals surface area contributed by atoms with Crippen LogP contribution >= 0.6 is 0 Å². The fourth-order valence-electron chi connectivity index (χ4n) is 4.11. The highest BCUT2D eigenvalue weighted by molar-refractivity contribution is 6.04. The minimum atomic E-state index is -4.52. The fourth-order valence-corrected chi connectivity index (χ4v) is 4.11. The molecule has 0 saturated heterocycles. The van der Waals surface area contributed by atoms with Gasteiger partial charge >= 0.3 is 6.18 Å². The SMILES string of the molecule is NC(=O)c1cc(F)c(N[C@@H]2CCCC[C@@H]2N)nc1Nc1cncc(NC(=O)c2ccc(C(F)(F)F)cc2)c1. The van der Waals surface area contributed by atoms with Gasteiger partial charge in [-0.25, -0.2) is 9.37 Å². The van der Waals surface area contributed by atoms with Crippen LogP contribution in [0.4, 0.5) is 40.6 Å². The number of hydrogen-bond acceptors (Lipinski definition) is 7. The third kappa shape index (κ3) is 6.35. The van der Waals surface area contributed by atoms with Gasteiger partial charge in [0, 0.05) is 17.6 Å². The molecular weight excluding hydrogens is 506 g/mol. The number of nitrogens with zero attached hydrogens (tertiary/aromatic N) is 2. The van der Waals surface area contributed by atoms with Crippen molar-refractivity contribution in [1.29, 1.82) is 0 Å². The van der Waals surface area contributed by atoms with E-state index in [1.165, 1.54) is 18.5 Å². The van der Waals surface area contributed by atoms with Crippen LogP contribution in [0.25, 0.3) is 0 Å². The highest BCUT2D eigenvalue weighted by Crippen LogP contribution is 2.30. The predicted octanol–water partition coefficient (Wildman–Crippen LogP) is 4.41. The Morgan fingerprint density at radius 2 is 1.66 bits per heavy atom. The lowest BCUT2D eigenvalue weighted by Gasteiger charge is -2.30. The van der Waals surface area contributed by atoms with Crippen LogP contribution in [0.3, 0.4) is 0 Å². The number of primary amides is 1. The zero-order chi connectivity index (χ0) is 27.4. The Hall–Kier alpha value is -4.26. The van der Waals surface area contributed by atoms with Gasteiger partial charge in [-0.15, -0.1) is 0 Å². The minimum Gasteiger partial charge on any atom is -0.365 e. The second kappa shape index (κ2) is 11.0. The van der Waals surface area contributed by atoms with E-state index in [9.17, 15) is 27.2 Å². The van der Waals surface area contributed by atoms with E-state index >= 15 is 0 Å². The Morgan fingerprint density at radius 1 is 0.974 bits per heavy atom. The third-order valence-corrected chi connectivity index (χ3v) is 6.12. The van der Waals surface area contributed by atoms with Crippen molar-refractivity contribution in [2.75, 3.05) is 16.0 Å². The number of anilines is 4. The molecule has 1 aliphatic rings. The molecule has 4 rings (SSSR count). The number of halogens is 4. The highest BCUT2D eigenvalue weighted by Gasteiger charge is 2.30. The van der Waals surface area contributed by atoms with Gasteiger partial charge in [-0.05, 0) is 49.2 Å². The molecule has 2 heterocycles. The Bertz CT molecular complexity index is 1330. The number of benzene rings is 1. The number of carbonyl (C=O) groups is 2. The summed E-state index contributed by atoms with van der Waals surface area (Å²) in [4.78, 5) is 32.7. The zero-order valence-electron chi connectivity index (χ0n) is 20.0. The van der Waals surface area contributed by atoms with Gasteiger partial charge in [0.05, 0.1) is 34.9 Å². The molecule has 2 atom stereocenters. The van der Waals surface area contributed by atoms with Crippen LogP contribution in [0.2, 0.25) is 0 Å². The lowest BCUT2D eigenvalue weighted by Crippen LogP contribution is -2.43. The number of pyridine rings is 2. The largest absolute Gasteiger partial charge is 0.416 e. The van der Waals surface area contributed by atoms with Gasteiger partial charge in [-0.3, -0.25) is 14.6 Å². The molecule has 0 aliphatic heterocycles. The quantitative estimate of drug-likeness (QED) is 0.284. The van der Waals surface area contributed by atoms with Crippen LogP contribution in [0, 0.1) is 5.82 Å². The molecule has 1 fully saturated rings. The number of nitrogens with one attached hydrogen (secondary N) is 3. The third-order valence-electron chi connectivity index (χ3n) is 6.12. The van der Waals surface area contributed by atoms with Crippen molar-refractivity contribution in [3.05, 3.63) is 71.3 Å². The number of amides is 2. The van der Waals surface area contributed by atoms with E-state index in [0.717, 1.165) is 56.0 Å². The average molecular weight is 532 g/mol. The van der Waals surface area contributed by atoms with Crippen molar-refractivity contribution in [2.45, 2.75) is 43.9 Å². The Balaban J connectivity index is 1.53. The Labute approximate surface area is 215 Å². The molecule has 0 unspecified atom stereocenters. The van der Waals surface area contributed by atoms with Crippen molar-refractivity contribution in [1.82, 2.24) is 9.97 Å². The first-order valence-electron chi connectivity index (χ1n) is 11.7. The van der Waals surface area contributed by atoms with Gasteiger partial charge < -0.3 is 27.4 Å². The summed E-state index contributed by atoms with van der Waals surface area (Å²) in [5.41, 5.74) is 11.0. The second-order valence-electron chi connectivity index (χ2n) is 8.89. The second-order valence-corrected chi connectivity index (χ2v) is 8.89. The predicted molar refractivity (Wildman–Crippen MR) is 133 cm³/mol. The molecule has 1 aromatic carbocycles. The van der Waals surface area contributed by atoms with Gasteiger partial charge in [-0.1, -0.05) is 12.8 Å². The highest BCUT2D eigenvalue weighted by atomic mass is 19.4. The molecule has 200 valence electrons. The molecule has 2 amide bonds. The van der Waals surface area contributed by atoms with Crippen LogP contribution in [0.15, 0.2) is 48.8 Å².